The molecule has 1 aromatic carbocycles. The van der Waals surface area contributed by atoms with E-state index in [1.54, 1.807) is 4.90 Å². The highest BCUT2D eigenvalue weighted by Crippen LogP contribution is 2.27. The molecule has 3 aromatic rings. The number of para-hydroxylation sites is 1. The van der Waals surface area contributed by atoms with E-state index >= 15 is 0 Å². The molecule has 2 amide bonds. The lowest BCUT2D eigenvalue weighted by Gasteiger charge is -2.26. The number of hydrogen-bond donors (Lipinski definition) is 3. The number of benzene rings is 1. The Labute approximate surface area is 165 Å². The summed E-state index contributed by atoms with van der Waals surface area (Å²) in [7, 11) is 3.64. The van der Waals surface area contributed by atoms with Gasteiger partial charge < -0.3 is 25.0 Å². The first-order chi connectivity index (χ1) is 12.7. The standard InChI is InChI=1S/C18H23BrN6O2/c1-18(2,8-11-9-20-15-12(11)6-5-7-13(15)19)23-17(26)21-10-14-22-16(24-27-14)25(3)4/h5-7,9,20H,8,10H2,1-4H3,(H2,21,23,26). The van der Waals surface area contributed by atoms with Gasteiger partial charge in [0.15, 0.2) is 0 Å². The maximum absolute atomic E-state index is 12.3. The molecule has 0 saturated heterocycles. The number of H-pyrrole nitrogens is 1. The molecule has 8 nitrogen and oxygen atoms in total. The second kappa shape index (κ2) is 7.59. The second-order valence-corrected chi connectivity index (χ2v) is 8.08. The number of nitrogens with zero attached hydrogens (tertiary/aromatic N) is 3. The lowest BCUT2D eigenvalue weighted by Crippen LogP contribution is -2.49. The number of anilines is 1. The van der Waals surface area contributed by atoms with Gasteiger partial charge >= 0.3 is 6.03 Å². The van der Waals surface area contributed by atoms with Crippen LogP contribution in [-0.2, 0) is 13.0 Å². The van der Waals surface area contributed by atoms with Gasteiger partial charge in [0.2, 0.25) is 5.89 Å². The van der Waals surface area contributed by atoms with Gasteiger partial charge in [-0.15, -0.1) is 0 Å². The van der Waals surface area contributed by atoms with Gasteiger partial charge in [0.1, 0.15) is 0 Å². The van der Waals surface area contributed by atoms with Crippen LogP contribution in [0.3, 0.4) is 0 Å². The largest absolute Gasteiger partial charge is 0.360 e. The minimum atomic E-state index is -0.439. The first-order valence-electron chi connectivity index (χ1n) is 8.55. The van der Waals surface area contributed by atoms with Crippen molar-refractivity contribution in [1.82, 2.24) is 25.8 Å². The Morgan fingerprint density at radius 1 is 1.37 bits per heavy atom. The minimum absolute atomic E-state index is 0.169. The van der Waals surface area contributed by atoms with Crippen LogP contribution in [0.15, 0.2) is 33.4 Å². The molecule has 9 heteroatoms. The topological polar surface area (TPSA) is 99.1 Å². The van der Waals surface area contributed by atoms with E-state index in [1.807, 2.05) is 46.3 Å². The van der Waals surface area contributed by atoms with Crippen LogP contribution >= 0.6 is 15.9 Å². The predicted molar refractivity (Wildman–Crippen MR) is 108 cm³/mol. The van der Waals surface area contributed by atoms with Crippen LogP contribution in [-0.4, -0.2) is 40.8 Å². The quantitative estimate of drug-likeness (QED) is 0.552. The van der Waals surface area contributed by atoms with E-state index < -0.39 is 5.54 Å². The Morgan fingerprint density at radius 2 is 2.15 bits per heavy atom. The van der Waals surface area contributed by atoms with Gasteiger partial charge in [0, 0.05) is 35.7 Å². The molecule has 2 heterocycles. The number of hydrogen-bond acceptors (Lipinski definition) is 5. The zero-order valence-electron chi connectivity index (χ0n) is 15.8. The Kier molecular flexibility index (Phi) is 5.41. The third-order valence-corrected chi connectivity index (χ3v) is 4.75. The number of halogens is 1. The van der Waals surface area contributed by atoms with Crippen molar-refractivity contribution >= 4 is 38.8 Å². The molecule has 0 saturated carbocycles. The van der Waals surface area contributed by atoms with E-state index in [1.165, 1.54) is 0 Å². The van der Waals surface area contributed by atoms with Crippen molar-refractivity contribution in [1.29, 1.82) is 0 Å². The van der Waals surface area contributed by atoms with E-state index in [4.69, 9.17) is 4.52 Å². The zero-order valence-corrected chi connectivity index (χ0v) is 17.3. The highest BCUT2D eigenvalue weighted by atomic mass is 79.9. The highest BCUT2D eigenvalue weighted by molar-refractivity contribution is 9.10. The molecule has 0 aliphatic carbocycles. The summed E-state index contributed by atoms with van der Waals surface area (Å²) in [5.74, 6) is 0.825. The smallest absolute Gasteiger partial charge is 0.315 e. The van der Waals surface area contributed by atoms with Crippen LogP contribution in [0, 0.1) is 0 Å². The van der Waals surface area contributed by atoms with Crippen LogP contribution in [0.2, 0.25) is 0 Å². The average molecular weight is 435 g/mol. The monoisotopic (exact) mass is 434 g/mol. The molecule has 144 valence electrons. The summed E-state index contributed by atoms with van der Waals surface area (Å²) in [4.78, 5) is 21.5. The number of amides is 2. The molecule has 0 spiro atoms. The number of urea groups is 1. The molecule has 0 aliphatic heterocycles. The van der Waals surface area contributed by atoms with E-state index in [2.05, 4.69) is 47.8 Å². The van der Waals surface area contributed by atoms with Crippen molar-refractivity contribution in [2.45, 2.75) is 32.4 Å². The summed E-state index contributed by atoms with van der Waals surface area (Å²) in [5.41, 5.74) is 1.76. The van der Waals surface area contributed by atoms with Crippen molar-refractivity contribution in [3.8, 4) is 0 Å². The number of fused-ring (bicyclic) bond motifs is 1. The fraction of sp³-hybridized carbons (Fsp3) is 0.389. The summed E-state index contributed by atoms with van der Waals surface area (Å²) < 4.78 is 6.12. The number of carbonyl (C=O) groups excluding carboxylic acids is 1. The molecule has 0 bridgehead atoms. The Bertz CT molecular complexity index is 946. The van der Waals surface area contributed by atoms with Gasteiger partial charge in [0.25, 0.3) is 5.95 Å². The van der Waals surface area contributed by atoms with E-state index in [9.17, 15) is 4.79 Å². The number of nitrogens with one attached hydrogen (secondary N) is 3. The highest BCUT2D eigenvalue weighted by Gasteiger charge is 2.23. The average Bonchev–Trinajstić information content (AvgIpc) is 3.21. The number of carbonyl (C=O) groups is 1. The third kappa shape index (κ3) is 4.60. The fourth-order valence-corrected chi connectivity index (χ4v) is 3.33. The molecule has 0 unspecified atom stereocenters. The summed E-state index contributed by atoms with van der Waals surface area (Å²) in [6.45, 7) is 4.14. The van der Waals surface area contributed by atoms with Gasteiger partial charge in [-0.05, 0) is 53.0 Å². The van der Waals surface area contributed by atoms with Gasteiger partial charge in [-0.25, -0.2) is 4.79 Å². The first kappa shape index (κ1) is 19.2. The lowest BCUT2D eigenvalue weighted by molar-refractivity contribution is 0.227. The first-order valence-corrected chi connectivity index (χ1v) is 9.35. The van der Waals surface area contributed by atoms with Gasteiger partial charge in [0.05, 0.1) is 12.1 Å². The van der Waals surface area contributed by atoms with Crippen LogP contribution < -0.4 is 15.5 Å². The summed E-state index contributed by atoms with van der Waals surface area (Å²) >= 11 is 3.55. The number of rotatable bonds is 6. The Hall–Kier alpha value is -2.55. The van der Waals surface area contributed by atoms with Crippen molar-refractivity contribution in [3.05, 3.63) is 40.3 Å². The molecule has 3 N–H and O–H groups in total. The fourth-order valence-electron chi connectivity index (χ4n) is 2.85. The minimum Gasteiger partial charge on any atom is -0.360 e. The van der Waals surface area contributed by atoms with Gasteiger partial charge in [-0.1, -0.05) is 12.1 Å². The molecular formula is C18H23BrN6O2. The molecule has 0 radical (unpaired) electrons. The van der Waals surface area contributed by atoms with Gasteiger partial charge in [-0.3, -0.25) is 0 Å². The zero-order chi connectivity index (χ0) is 19.6. The molecule has 0 fully saturated rings. The van der Waals surface area contributed by atoms with Crippen molar-refractivity contribution in [3.63, 3.8) is 0 Å². The van der Waals surface area contributed by atoms with E-state index in [-0.39, 0.29) is 12.6 Å². The second-order valence-electron chi connectivity index (χ2n) is 7.23. The number of aromatic amines is 1. The van der Waals surface area contributed by atoms with Crippen LogP contribution in [0.25, 0.3) is 10.9 Å². The summed E-state index contributed by atoms with van der Waals surface area (Å²) in [5, 5.41) is 10.7. The molecule has 3 rings (SSSR count). The normalized spacial score (nSPS) is 11.6. The van der Waals surface area contributed by atoms with Crippen LogP contribution in [0.4, 0.5) is 10.7 Å². The predicted octanol–water partition coefficient (Wildman–Crippen LogP) is 3.20. The maximum Gasteiger partial charge on any atom is 0.315 e. The SMILES string of the molecule is CN(C)c1noc(CNC(=O)NC(C)(C)Cc2c[nH]c3c(Br)cccc23)n1. The number of aromatic nitrogens is 3. The molecule has 0 aliphatic rings. The van der Waals surface area contributed by atoms with Gasteiger partial charge in [-0.2, -0.15) is 4.98 Å². The summed E-state index contributed by atoms with van der Waals surface area (Å²) in [6, 6.07) is 5.78. The van der Waals surface area contributed by atoms with Crippen LogP contribution in [0.5, 0.6) is 0 Å². The van der Waals surface area contributed by atoms with Crippen molar-refractivity contribution < 1.29 is 9.32 Å². The van der Waals surface area contributed by atoms with E-state index in [0.717, 1.165) is 20.9 Å². The molecular weight excluding hydrogens is 412 g/mol. The molecule has 2 aromatic heterocycles. The van der Waals surface area contributed by atoms with Crippen molar-refractivity contribution in [2.24, 2.45) is 0 Å². The maximum atomic E-state index is 12.3. The van der Waals surface area contributed by atoms with Crippen LogP contribution in [0.1, 0.15) is 25.3 Å². The van der Waals surface area contributed by atoms with E-state index in [0.29, 0.717) is 18.3 Å². The Balaban J connectivity index is 1.59. The molecule has 0 atom stereocenters. The summed E-state index contributed by atoms with van der Waals surface area (Å²) in [6.07, 6.45) is 2.67. The lowest BCUT2D eigenvalue weighted by atomic mass is 9.95. The molecule has 27 heavy (non-hydrogen) atoms. The third-order valence-electron chi connectivity index (χ3n) is 4.09. The van der Waals surface area contributed by atoms with Crippen molar-refractivity contribution in [2.75, 3.05) is 19.0 Å². The Morgan fingerprint density at radius 3 is 2.85 bits per heavy atom.